The summed E-state index contributed by atoms with van der Waals surface area (Å²) in [6.07, 6.45) is 7.93. The van der Waals surface area contributed by atoms with E-state index in [9.17, 15) is 0 Å². The number of pyridine rings is 1. The Morgan fingerprint density at radius 1 is 1.21 bits per heavy atom. The average Bonchev–Trinajstić information content (AvgIpc) is 3.09. The van der Waals surface area contributed by atoms with Crippen LogP contribution in [0.4, 0.5) is 11.5 Å². The molecule has 1 aromatic heterocycles. The molecule has 1 aliphatic heterocycles. The van der Waals surface area contributed by atoms with Crippen molar-refractivity contribution in [2.75, 3.05) is 17.2 Å². The fraction of sp³-hybridized carbons (Fsp3) is 0.600. The van der Waals surface area contributed by atoms with Gasteiger partial charge in [0.05, 0.1) is 5.69 Å². The third-order valence-electron chi connectivity index (χ3n) is 4.56. The minimum absolute atomic E-state index is 0.356. The zero-order valence-corrected chi connectivity index (χ0v) is 11.2. The molecule has 0 amide bonds. The predicted octanol–water partition coefficient (Wildman–Crippen LogP) is 2.69. The van der Waals surface area contributed by atoms with E-state index in [2.05, 4.69) is 16.0 Å². The van der Waals surface area contributed by atoms with Crippen LogP contribution in [-0.4, -0.2) is 17.6 Å². The van der Waals surface area contributed by atoms with E-state index in [4.69, 9.17) is 11.0 Å². The van der Waals surface area contributed by atoms with E-state index in [-0.39, 0.29) is 0 Å². The molecule has 4 heteroatoms. The van der Waals surface area contributed by atoms with Crippen molar-refractivity contribution < 1.29 is 0 Å². The van der Waals surface area contributed by atoms with E-state index in [0.717, 1.165) is 18.3 Å². The molecule has 1 saturated carbocycles. The van der Waals surface area contributed by atoms with Gasteiger partial charge < -0.3 is 10.6 Å². The SMILES string of the molecule is N#Cc1nc(N2CCCC2C2CCCC2)ccc1N. The van der Waals surface area contributed by atoms with Gasteiger partial charge in [0.1, 0.15) is 11.9 Å². The lowest BCUT2D eigenvalue weighted by Crippen LogP contribution is -2.35. The van der Waals surface area contributed by atoms with Gasteiger partial charge in [0.25, 0.3) is 0 Å². The smallest absolute Gasteiger partial charge is 0.165 e. The molecule has 2 fully saturated rings. The highest BCUT2D eigenvalue weighted by molar-refractivity contribution is 5.56. The molecule has 2 heterocycles. The summed E-state index contributed by atoms with van der Waals surface area (Å²) in [5.74, 6) is 1.74. The van der Waals surface area contributed by atoms with Crippen LogP contribution >= 0.6 is 0 Å². The summed E-state index contributed by atoms with van der Waals surface area (Å²) in [4.78, 5) is 6.83. The van der Waals surface area contributed by atoms with Gasteiger partial charge in [-0.05, 0) is 43.7 Å². The Kier molecular flexibility index (Phi) is 3.29. The number of nitriles is 1. The lowest BCUT2D eigenvalue weighted by atomic mass is 9.96. The monoisotopic (exact) mass is 256 g/mol. The van der Waals surface area contributed by atoms with Gasteiger partial charge in [0.2, 0.25) is 0 Å². The van der Waals surface area contributed by atoms with Gasteiger partial charge in [-0.1, -0.05) is 12.8 Å². The van der Waals surface area contributed by atoms with Gasteiger partial charge in [-0.2, -0.15) is 5.26 Å². The molecule has 4 nitrogen and oxygen atoms in total. The van der Waals surface area contributed by atoms with Crippen LogP contribution in [0.5, 0.6) is 0 Å². The Hall–Kier alpha value is -1.76. The van der Waals surface area contributed by atoms with E-state index in [1.165, 1.54) is 38.5 Å². The fourth-order valence-electron chi connectivity index (χ4n) is 3.62. The largest absolute Gasteiger partial charge is 0.396 e. The third-order valence-corrected chi connectivity index (χ3v) is 4.56. The molecule has 1 saturated heterocycles. The molecule has 2 N–H and O–H groups in total. The maximum atomic E-state index is 9.05. The maximum Gasteiger partial charge on any atom is 0.165 e. The lowest BCUT2D eigenvalue weighted by molar-refractivity contribution is 0.429. The first-order valence-corrected chi connectivity index (χ1v) is 7.23. The predicted molar refractivity (Wildman–Crippen MR) is 75.7 cm³/mol. The minimum Gasteiger partial charge on any atom is -0.396 e. The molecule has 1 aliphatic carbocycles. The van der Waals surface area contributed by atoms with Gasteiger partial charge in [-0.25, -0.2) is 4.98 Å². The van der Waals surface area contributed by atoms with Crippen LogP contribution in [0.2, 0.25) is 0 Å². The summed E-state index contributed by atoms with van der Waals surface area (Å²) in [6.45, 7) is 1.06. The van der Waals surface area contributed by atoms with Crippen LogP contribution in [0, 0.1) is 17.2 Å². The van der Waals surface area contributed by atoms with Gasteiger partial charge in [-0.3, -0.25) is 0 Å². The van der Waals surface area contributed by atoms with Crippen LogP contribution in [-0.2, 0) is 0 Å². The molecule has 3 rings (SSSR count). The molecule has 1 atom stereocenters. The fourth-order valence-corrected chi connectivity index (χ4v) is 3.62. The number of hydrogen-bond donors (Lipinski definition) is 1. The van der Waals surface area contributed by atoms with Crippen LogP contribution in [0.15, 0.2) is 12.1 Å². The van der Waals surface area contributed by atoms with E-state index >= 15 is 0 Å². The normalized spacial score (nSPS) is 23.7. The number of nitrogens with zero attached hydrogens (tertiary/aromatic N) is 3. The van der Waals surface area contributed by atoms with Crippen LogP contribution < -0.4 is 10.6 Å². The standard InChI is InChI=1S/C15H20N4/c16-10-13-12(17)7-8-15(18-13)19-9-3-6-14(19)11-4-1-2-5-11/h7-8,11,14H,1-6,9,17H2. The van der Waals surface area contributed by atoms with E-state index in [1.807, 2.05) is 12.1 Å². The van der Waals surface area contributed by atoms with Crippen LogP contribution in [0.25, 0.3) is 0 Å². The number of rotatable bonds is 2. The maximum absolute atomic E-state index is 9.05. The number of nitrogens with two attached hydrogens (primary N) is 1. The zero-order chi connectivity index (χ0) is 13.2. The summed E-state index contributed by atoms with van der Waals surface area (Å²) in [7, 11) is 0. The topological polar surface area (TPSA) is 65.9 Å². The second-order valence-electron chi connectivity index (χ2n) is 5.67. The van der Waals surface area contributed by atoms with Crippen molar-refractivity contribution in [3.8, 4) is 6.07 Å². The highest BCUT2D eigenvalue weighted by Crippen LogP contribution is 2.37. The zero-order valence-electron chi connectivity index (χ0n) is 11.2. The first kappa shape index (κ1) is 12.3. The van der Waals surface area contributed by atoms with Crippen molar-refractivity contribution in [2.45, 2.75) is 44.6 Å². The molecule has 0 spiro atoms. The van der Waals surface area contributed by atoms with E-state index in [1.54, 1.807) is 0 Å². The van der Waals surface area contributed by atoms with E-state index < -0.39 is 0 Å². The third kappa shape index (κ3) is 2.25. The van der Waals surface area contributed by atoms with Crippen molar-refractivity contribution >= 4 is 11.5 Å². The molecular weight excluding hydrogens is 236 g/mol. The molecule has 0 radical (unpaired) electrons. The average molecular weight is 256 g/mol. The van der Waals surface area contributed by atoms with Gasteiger partial charge >= 0.3 is 0 Å². The molecule has 2 aliphatic rings. The van der Waals surface area contributed by atoms with Crippen molar-refractivity contribution in [2.24, 2.45) is 5.92 Å². The lowest BCUT2D eigenvalue weighted by Gasteiger charge is -2.30. The molecule has 1 unspecified atom stereocenters. The Bertz CT molecular complexity index is 499. The highest BCUT2D eigenvalue weighted by Gasteiger charge is 2.34. The molecule has 0 aromatic carbocycles. The van der Waals surface area contributed by atoms with Crippen LogP contribution in [0.3, 0.4) is 0 Å². The quantitative estimate of drug-likeness (QED) is 0.883. The van der Waals surface area contributed by atoms with Crippen molar-refractivity contribution in [3.05, 3.63) is 17.8 Å². The van der Waals surface area contributed by atoms with E-state index in [0.29, 0.717) is 17.4 Å². The number of anilines is 2. The number of nitrogen functional groups attached to an aromatic ring is 1. The summed E-state index contributed by atoms with van der Waals surface area (Å²) < 4.78 is 0. The first-order chi connectivity index (χ1) is 9.29. The van der Waals surface area contributed by atoms with Crippen molar-refractivity contribution in [1.29, 1.82) is 5.26 Å². The van der Waals surface area contributed by atoms with Gasteiger partial charge in [-0.15, -0.1) is 0 Å². The molecule has 100 valence electrons. The summed E-state index contributed by atoms with van der Waals surface area (Å²) >= 11 is 0. The minimum atomic E-state index is 0.356. The molecule has 19 heavy (non-hydrogen) atoms. The second-order valence-corrected chi connectivity index (χ2v) is 5.67. The number of aromatic nitrogens is 1. The Morgan fingerprint density at radius 2 is 2.00 bits per heavy atom. The first-order valence-electron chi connectivity index (χ1n) is 7.23. The second kappa shape index (κ2) is 5.08. The molecule has 1 aromatic rings. The number of hydrogen-bond acceptors (Lipinski definition) is 4. The summed E-state index contributed by atoms with van der Waals surface area (Å²) in [5.41, 5.74) is 6.58. The highest BCUT2D eigenvalue weighted by atomic mass is 15.2. The van der Waals surface area contributed by atoms with Crippen LogP contribution in [0.1, 0.15) is 44.2 Å². The molecule has 0 bridgehead atoms. The van der Waals surface area contributed by atoms with Gasteiger partial charge in [0.15, 0.2) is 5.69 Å². The summed E-state index contributed by atoms with van der Waals surface area (Å²) in [6, 6.07) is 6.47. The Morgan fingerprint density at radius 3 is 2.74 bits per heavy atom. The Balaban J connectivity index is 1.86. The Labute approximate surface area is 114 Å². The molecular formula is C15H20N4. The van der Waals surface area contributed by atoms with Gasteiger partial charge in [0, 0.05) is 12.6 Å². The summed E-state index contributed by atoms with van der Waals surface area (Å²) in [5, 5.41) is 9.05. The van der Waals surface area contributed by atoms with Crippen molar-refractivity contribution in [3.63, 3.8) is 0 Å². The van der Waals surface area contributed by atoms with Crippen molar-refractivity contribution in [1.82, 2.24) is 4.98 Å².